The maximum Gasteiger partial charge on any atom is 0.416 e. The monoisotopic (exact) mass is 465 g/mol. The molecule has 1 unspecified atom stereocenters. The number of halogens is 3. The molecule has 0 radical (unpaired) electrons. The molecule has 5 rings (SSSR count). The van der Waals surface area contributed by atoms with Gasteiger partial charge in [0.2, 0.25) is 5.78 Å². The summed E-state index contributed by atoms with van der Waals surface area (Å²) in [5, 5.41) is 4.28. The maximum atomic E-state index is 13.5. The summed E-state index contributed by atoms with van der Waals surface area (Å²) >= 11 is 0. The van der Waals surface area contributed by atoms with Crippen molar-refractivity contribution in [3.8, 4) is 0 Å². The van der Waals surface area contributed by atoms with Gasteiger partial charge in [0.25, 0.3) is 0 Å². The fourth-order valence-corrected chi connectivity index (χ4v) is 4.72. The Morgan fingerprint density at radius 3 is 2.71 bits per heavy atom. The van der Waals surface area contributed by atoms with E-state index in [4.69, 9.17) is 4.98 Å². The van der Waals surface area contributed by atoms with Crippen LogP contribution in [0.1, 0.15) is 41.6 Å². The Morgan fingerprint density at radius 2 is 1.97 bits per heavy atom. The summed E-state index contributed by atoms with van der Waals surface area (Å²) in [6, 6.07) is 10.2. The number of fused-ring (bicyclic) bond motifs is 3. The first-order valence-electron chi connectivity index (χ1n) is 11.3. The van der Waals surface area contributed by atoms with Crippen LogP contribution < -0.4 is 5.32 Å². The summed E-state index contributed by atoms with van der Waals surface area (Å²) in [5.41, 5.74) is 3.55. The molecule has 0 amide bonds. The number of alkyl halides is 3. The van der Waals surface area contributed by atoms with E-state index in [0.29, 0.717) is 17.2 Å². The molecule has 1 aliphatic rings. The molecule has 0 saturated carbocycles. The van der Waals surface area contributed by atoms with E-state index in [2.05, 4.69) is 46.5 Å². The summed E-state index contributed by atoms with van der Waals surface area (Å²) in [6.07, 6.45) is 2.37. The van der Waals surface area contributed by atoms with Crippen LogP contribution in [0.15, 0.2) is 54.9 Å². The molecule has 0 fully saturated rings. The fourth-order valence-electron chi connectivity index (χ4n) is 4.72. The van der Waals surface area contributed by atoms with E-state index in [1.54, 1.807) is 12.3 Å². The van der Waals surface area contributed by atoms with E-state index in [-0.39, 0.29) is 11.6 Å². The minimum Gasteiger partial charge on any atom is -0.363 e. The third kappa shape index (κ3) is 4.03. The van der Waals surface area contributed by atoms with Crippen LogP contribution in [0.2, 0.25) is 0 Å². The lowest BCUT2D eigenvalue weighted by Crippen LogP contribution is -2.23. The molecule has 1 atom stereocenters. The average Bonchev–Trinajstić information content (AvgIpc) is 3.27. The number of hydrogen-bond acceptors (Lipinski definition) is 4. The lowest BCUT2D eigenvalue weighted by molar-refractivity contribution is -0.138. The van der Waals surface area contributed by atoms with E-state index in [1.807, 2.05) is 17.5 Å². The summed E-state index contributed by atoms with van der Waals surface area (Å²) in [4.78, 5) is 11.3. The molecule has 2 aromatic heterocycles. The van der Waals surface area contributed by atoms with Gasteiger partial charge in [-0.2, -0.15) is 18.2 Å². The third-order valence-corrected chi connectivity index (χ3v) is 6.63. The van der Waals surface area contributed by atoms with Gasteiger partial charge in [-0.3, -0.25) is 4.40 Å². The van der Waals surface area contributed by atoms with Gasteiger partial charge < -0.3 is 10.2 Å². The Bertz CT molecular complexity index is 1400. The Morgan fingerprint density at radius 1 is 1.15 bits per heavy atom. The van der Waals surface area contributed by atoms with E-state index < -0.39 is 11.7 Å². The minimum atomic E-state index is -4.39. The van der Waals surface area contributed by atoms with Gasteiger partial charge in [-0.1, -0.05) is 24.3 Å². The van der Waals surface area contributed by atoms with Crippen molar-refractivity contribution in [2.24, 2.45) is 0 Å². The predicted molar refractivity (Wildman–Crippen MR) is 129 cm³/mol. The maximum absolute atomic E-state index is 13.5. The van der Waals surface area contributed by atoms with Gasteiger partial charge in [-0.05, 0) is 67.8 Å². The largest absolute Gasteiger partial charge is 0.416 e. The first-order chi connectivity index (χ1) is 16.2. The predicted octanol–water partition coefficient (Wildman–Crippen LogP) is 6.10. The van der Waals surface area contributed by atoms with Crippen molar-refractivity contribution in [2.75, 3.05) is 25.5 Å². The first kappa shape index (κ1) is 22.4. The average molecular weight is 466 g/mol. The molecule has 0 saturated heterocycles. The Kier molecular flexibility index (Phi) is 5.56. The highest BCUT2D eigenvalue weighted by Gasteiger charge is 2.33. The van der Waals surface area contributed by atoms with Crippen LogP contribution in [-0.4, -0.2) is 39.4 Å². The molecule has 34 heavy (non-hydrogen) atoms. The zero-order chi connectivity index (χ0) is 24.0. The SMILES string of the molecule is Cc1c(C(C)Nc2nc3nccn3c3ccc(C4=CCN(C)CC4)cc23)cccc1C(F)(F)F. The van der Waals surface area contributed by atoms with Crippen molar-refractivity contribution >= 4 is 28.1 Å². The van der Waals surface area contributed by atoms with Crippen LogP contribution in [0, 0.1) is 6.92 Å². The van der Waals surface area contributed by atoms with Gasteiger partial charge in [-0.25, -0.2) is 4.98 Å². The summed E-state index contributed by atoms with van der Waals surface area (Å²) < 4.78 is 42.3. The van der Waals surface area contributed by atoms with Gasteiger partial charge in [0.15, 0.2) is 0 Å². The van der Waals surface area contributed by atoms with Crippen molar-refractivity contribution in [3.63, 3.8) is 0 Å². The molecule has 0 spiro atoms. The Balaban J connectivity index is 1.59. The first-order valence-corrected chi connectivity index (χ1v) is 11.3. The second kappa shape index (κ2) is 8.43. The number of aromatic nitrogens is 3. The molecular formula is C26H26F3N5. The molecule has 1 aliphatic heterocycles. The summed E-state index contributed by atoms with van der Waals surface area (Å²) in [6.45, 7) is 5.28. The molecule has 5 nitrogen and oxygen atoms in total. The highest BCUT2D eigenvalue weighted by atomic mass is 19.4. The van der Waals surface area contributed by atoms with Crippen LogP contribution in [0.5, 0.6) is 0 Å². The lowest BCUT2D eigenvalue weighted by atomic mass is 9.96. The second-order valence-corrected chi connectivity index (χ2v) is 8.91. The standard InChI is InChI=1S/C26H26F3N5/c1-16-20(5-4-6-22(16)26(27,28)29)17(2)31-24-21-15-19(18-9-12-33(3)13-10-18)7-8-23(21)34-14-11-30-25(34)32-24/h4-9,11,14-15,17H,10,12-13H2,1-3H3,(H,30,31,32). The highest BCUT2D eigenvalue weighted by molar-refractivity contribution is 5.93. The van der Waals surface area contributed by atoms with E-state index in [9.17, 15) is 13.2 Å². The molecule has 1 N–H and O–H groups in total. The number of rotatable bonds is 4. The zero-order valence-electron chi connectivity index (χ0n) is 19.3. The number of imidazole rings is 1. The van der Waals surface area contributed by atoms with Crippen LogP contribution in [0.25, 0.3) is 22.3 Å². The van der Waals surface area contributed by atoms with E-state index in [0.717, 1.165) is 42.0 Å². The number of likely N-dealkylation sites (N-methyl/N-ethyl adjacent to an activating group) is 1. The van der Waals surface area contributed by atoms with Crippen LogP contribution >= 0.6 is 0 Å². The third-order valence-electron chi connectivity index (χ3n) is 6.63. The van der Waals surface area contributed by atoms with Gasteiger partial charge in [-0.15, -0.1) is 0 Å². The fraction of sp³-hybridized carbons (Fsp3) is 0.308. The second-order valence-electron chi connectivity index (χ2n) is 8.91. The number of nitrogens with zero attached hydrogens (tertiary/aromatic N) is 4. The molecular weight excluding hydrogens is 439 g/mol. The molecule has 3 heterocycles. The minimum absolute atomic E-state index is 0.221. The summed E-state index contributed by atoms with van der Waals surface area (Å²) in [5.74, 6) is 1.14. The molecule has 176 valence electrons. The Hall–Kier alpha value is -3.39. The molecule has 2 aromatic carbocycles. The van der Waals surface area contributed by atoms with Gasteiger partial charge in [0, 0.05) is 30.9 Å². The van der Waals surface area contributed by atoms with Crippen LogP contribution in [-0.2, 0) is 6.18 Å². The van der Waals surface area contributed by atoms with Crippen molar-refractivity contribution in [3.05, 3.63) is 77.1 Å². The normalized spacial score (nSPS) is 16.1. The number of benzene rings is 2. The van der Waals surface area contributed by atoms with Gasteiger partial charge in [0.1, 0.15) is 5.82 Å². The Labute approximate surface area is 195 Å². The molecule has 4 aromatic rings. The van der Waals surface area contributed by atoms with Crippen LogP contribution in [0.4, 0.5) is 19.0 Å². The summed E-state index contributed by atoms with van der Waals surface area (Å²) in [7, 11) is 2.10. The van der Waals surface area contributed by atoms with Crippen molar-refractivity contribution < 1.29 is 13.2 Å². The van der Waals surface area contributed by atoms with E-state index in [1.165, 1.54) is 18.6 Å². The van der Waals surface area contributed by atoms with Crippen molar-refractivity contribution in [1.82, 2.24) is 19.3 Å². The van der Waals surface area contributed by atoms with Crippen molar-refractivity contribution in [2.45, 2.75) is 32.5 Å². The highest BCUT2D eigenvalue weighted by Crippen LogP contribution is 2.36. The topological polar surface area (TPSA) is 45.5 Å². The lowest BCUT2D eigenvalue weighted by Gasteiger charge is -2.23. The number of hydrogen-bond donors (Lipinski definition) is 1. The van der Waals surface area contributed by atoms with Gasteiger partial charge >= 0.3 is 6.18 Å². The number of anilines is 1. The molecule has 8 heteroatoms. The quantitative estimate of drug-likeness (QED) is 0.396. The van der Waals surface area contributed by atoms with Crippen molar-refractivity contribution in [1.29, 1.82) is 0 Å². The van der Waals surface area contributed by atoms with Gasteiger partial charge in [0.05, 0.1) is 17.1 Å². The zero-order valence-corrected chi connectivity index (χ0v) is 19.3. The number of nitrogens with one attached hydrogen (secondary N) is 1. The smallest absolute Gasteiger partial charge is 0.363 e. The molecule has 0 aliphatic carbocycles. The van der Waals surface area contributed by atoms with E-state index >= 15 is 0 Å². The van der Waals surface area contributed by atoms with Crippen LogP contribution in [0.3, 0.4) is 0 Å². The molecule has 0 bridgehead atoms.